The molecular weight excluding hydrogens is 256 g/mol. The number of rotatable bonds is 5. The predicted octanol–water partition coefficient (Wildman–Crippen LogP) is 4.15. The SMILES string of the molecule is CC(C)c1ccc(CNCc2ccncc2Cl)cc1. The summed E-state index contributed by atoms with van der Waals surface area (Å²) in [7, 11) is 0. The lowest BCUT2D eigenvalue weighted by Gasteiger charge is -2.09. The molecule has 0 amide bonds. The van der Waals surface area contributed by atoms with E-state index in [0.29, 0.717) is 10.9 Å². The fourth-order valence-corrected chi connectivity index (χ4v) is 2.10. The molecule has 19 heavy (non-hydrogen) atoms. The van der Waals surface area contributed by atoms with Crippen LogP contribution in [0.1, 0.15) is 36.5 Å². The Morgan fingerprint density at radius 2 is 1.84 bits per heavy atom. The van der Waals surface area contributed by atoms with Gasteiger partial charge in [-0.25, -0.2) is 0 Å². The smallest absolute Gasteiger partial charge is 0.0634 e. The van der Waals surface area contributed by atoms with E-state index in [4.69, 9.17) is 11.6 Å². The molecule has 0 radical (unpaired) electrons. The lowest BCUT2D eigenvalue weighted by molar-refractivity contribution is 0.692. The molecule has 0 unspecified atom stereocenters. The molecule has 0 saturated carbocycles. The topological polar surface area (TPSA) is 24.9 Å². The van der Waals surface area contributed by atoms with Crippen LogP contribution in [0.25, 0.3) is 0 Å². The molecule has 0 aliphatic carbocycles. The molecule has 0 spiro atoms. The van der Waals surface area contributed by atoms with Gasteiger partial charge in [-0.2, -0.15) is 0 Å². The molecule has 1 N–H and O–H groups in total. The van der Waals surface area contributed by atoms with E-state index in [1.165, 1.54) is 11.1 Å². The summed E-state index contributed by atoms with van der Waals surface area (Å²) in [5, 5.41) is 4.11. The van der Waals surface area contributed by atoms with Gasteiger partial charge in [-0.3, -0.25) is 4.98 Å². The van der Waals surface area contributed by atoms with E-state index in [0.717, 1.165) is 18.7 Å². The molecule has 0 saturated heterocycles. The van der Waals surface area contributed by atoms with Gasteiger partial charge in [0.15, 0.2) is 0 Å². The maximum atomic E-state index is 6.06. The molecule has 0 aliphatic rings. The second-order valence-corrected chi connectivity index (χ2v) is 5.37. The minimum absolute atomic E-state index is 0.581. The van der Waals surface area contributed by atoms with Gasteiger partial charge in [0.25, 0.3) is 0 Å². The van der Waals surface area contributed by atoms with Crippen molar-refractivity contribution in [3.05, 3.63) is 64.4 Å². The van der Waals surface area contributed by atoms with Gasteiger partial charge in [-0.15, -0.1) is 0 Å². The largest absolute Gasteiger partial charge is 0.309 e. The normalized spacial score (nSPS) is 10.9. The lowest BCUT2D eigenvalue weighted by Crippen LogP contribution is -2.13. The second kappa shape index (κ2) is 6.69. The molecule has 0 bridgehead atoms. The Kier molecular flexibility index (Phi) is 4.94. The van der Waals surface area contributed by atoms with Crippen molar-refractivity contribution in [3.63, 3.8) is 0 Å². The van der Waals surface area contributed by atoms with Crippen molar-refractivity contribution in [2.24, 2.45) is 0 Å². The van der Waals surface area contributed by atoms with E-state index in [-0.39, 0.29) is 0 Å². The van der Waals surface area contributed by atoms with Gasteiger partial charge in [-0.1, -0.05) is 49.7 Å². The molecule has 3 heteroatoms. The van der Waals surface area contributed by atoms with Crippen molar-refractivity contribution in [3.8, 4) is 0 Å². The van der Waals surface area contributed by atoms with Crippen LogP contribution in [-0.4, -0.2) is 4.98 Å². The summed E-state index contributed by atoms with van der Waals surface area (Å²) in [6, 6.07) is 10.7. The fraction of sp³-hybridized carbons (Fsp3) is 0.312. The van der Waals surface area contributed by atoms with Crippen LogP contribution in [0.3, 0.4) is 0 Å². The predicted molar refractivity (Wildman–Crippen MR) is 80.3 cm³/mol. The number of nitrogens with zero attached hydrogens (tertiary/aromatic N) is 1. The monoisotopic (exact) mass is 274 g/mol. The third-order valence-corrected chi connectivity index (χ3v) is 3.49. The summed E-state index contributed by atoms with van der Waals surface area (Å²) in [6.07, 6.45) is 3.44. The minimum Gasteiger partial charge on any atom is -0.309 e. The van der Waals surface area contributed by atoms with Crippen LogP contribution >= 0.6 is 11.6 Å². The Morgan fingerprint density at radius 1 is 1.11 bits per heavy atom. The molecule has 1 aromatic carbocycles. The highest BCUT2D eigenvalue weighted by Crippen LogP contribution is 2.15. The first-order valence-corrected chi connectivity index (χ1v) is 6.92. The molecule has 1 aromatic heterocycles. The summed E-state index contributed by atoms with van der Waals surface area (Å²) in [5.41, 5.74) is 3.74. The average Bonchev–Trinajstić information content (AvgIpc) is 2.41. The average molecular weight is 275 g/mol. The Morgan fingerprint density at radius 3 is 2.47 bits per heavy atom. The Hall–Kier alpha value is -1.38. The van der Waals surface area contributed by atoms with Gasteiger partial charge in [0.1, 0.15) is 0 Å². The van der Waals surface area contributed by atoms with Crippen LogP contribution in [0.2, 0.25) is 5.02 Å². The number of halogens is 1. The Labute approximate surface area is 119 Å². The van der Waals surface area contributed by atoms with Crippen molar-refractivity contribution >= 4 is 11.6 Å². The molecule has 100 valence electrons. The van der Waals surface area contributed by atoms with Crippen molar-refractivity contribution < 1.29 is 0 Å². The van der Waals surface area contributed by atoms with Crippen LogP contribution in [-0.2, 0) is 13.1 Å². The first-order valence-electron chi connectivity index (χ1n) is 6.55. The van der Waals surface area contributed by atoms with Gasteiger partial charge >= 0.3 is 0 Å². The summed E-state index contributed by atoms with van der Waals surface area (Å²) in [6.45, 7) is 6.02. The number of pyridine rings is 1. The van der Waals surface area contributed by atoms with E-state index in [1.807, 2.05) is 6.07 Å². The van der Waals surface area contributed by atoms with Crippen molar-refractivity contribution in [1.82, 2.24) is 10.3 Å². The maximum absolute atomic E-state index is 6.06. The molecule has 1 heterocycles. The quantitative estimate of drug-likeness (QED) is 0.886. The molecule has 2 aromatic rings. The highest BCUT2D eigenvalue weighted by Gasteiger charge is 2.01. The van der Waals surface area contributed by atoms with E-state index in [1.54, 1.807) is 12.4 Å². The number of aromatic nitrogens is 1. The molecule has 2 rings (SSSR count). The highest BCUT2D eigenvalue weighted by atomic mass is 35.5. The van der Waals surface area contributed by atoms with Gasteiger partial charge in [0.05, 0.1) is 5.02 Å². The van der Waals surface area contributed by atoms with Crippen LogP contribution in [0, 0.1) is 0 Å². The maximum Gasteiger partial charge on any atom is 0.0634 e. The zero-order valence-electron chi connectivity index (χ0n) is 11.4. The van der Waals surface area contributed by atoms with E-state index >= 15 is 0 Å². The molecule has 0 aliphatic heterocycles. The molecular formula is C16H19ClN2. The van der Waals surface area contributed by atoms with Gasteiger partial charge in [0, 0.05) is 25.5 Å². The summed E-state index contributed by atoms with van der Waals surface area (Å²) in [5.74, 6) is 0.581. The van der Waals surface area contributed by atoms with E-state index < -0.39 is 0 Å². The fourth-order valence-electron chi connectivity index (χ4n) is 1.91. The van der Waals surface area contributed by atoms with Crippen molar-refractivity contribution in [1.29, 1.82) is 0 Å². The summed E-state index contributed by atoms with van der Waals surface area (Å²) >= 11 is 6.06. The van der Waals surface area contributed by atoms with Crippen molar-refractivity contribution in [2.45, 2.75) is 32.9 Å². The highest BCUT2D eigenvalue weighted by molar-refractivity contribution is 6.31. The van der Waals surface area contributed by atoms with Gasteiger partial charge < -0.3 is 5.32 Å². The zero-order chi connectivity index (χ0) is 13.7. The van der Waals surface area contributed by atoms with Gasteiger partial charge in [0.2, 0.25) is 0 Å². The molecule has 2 nitrogen and oxygen atoms in total. The molecule has 0 fully saturated rings. The minimum atomic E-state index is 0.581. The Bertz CT molecular complexity index is 521. The zero-order valence-corrected chi connectivity index (χ0v) is 12.1. The van der Waals surface area contributed by atoms with Crippen LogP contribution < -0.4 is 5.32 Å². The van der Waals surface area contributed by atoms with Crippen LogP contribution in [0.15, 0.2) is 42.7 Å². The standard InChI is InChI=1S/C16H19ClN2/c1-12(2)14-5-3-13(4-6-14)9-19-10-15-7-8-18-11-16(15)17/h3-8,11-12,19H,9-10H2,1-2H3. The number of hydrogen-bond donors (Lipinski definition) is 1. The summed E-state index contributed by atoms with van der Waals surface area (Å²) < 4.78 is 0. The number of benzene rings is 1. The van der Waals surface area contributed by atoms with Gasteiger partial charge in [-0.05, 0) is 28.7 Å². The lowest BCUT2D eigenvalue weighted by atomic mass is 10.0. The van der Waals surface area contributed by atoms with Crippen LogP contribution in [0.5, 0.6) is 0 Å². The Balaban J connectivity index is 1.87. The second-order valence-electron chi connectivity index (χ2n) is 4.97. The van der Waals surface area contributed by atoms with Crippen molar-refractivity contribution in [2.75, 3.05) is 0 Å². The first kappa shape index (κ1) is 14.0. The van der Waals surface area contributed by atoms with Crippen LogP contribution in [0.4, 0.5) is 0 Å². The third kappa shape index (κ3) is 4.05. The number of nitrogens with one attached hydrogen (secondary N) is 1. The third-order valence-electron chi connectivity index (χ3n) is 3.15. The van der Waals surface area contributed by atoms with E-state index in [9.17, 15) is 0 Å². The molecule has 0 atom stereocenters. The van der Waals surface area contributed by atoms with E-state index in [2.05, 4.69) is 48.4 Å². The first-order chi connectivity index (χ1) is 9.16. The number of hydrogen-bond acceptors (Lipinski definition) is 2. The summed E-state index contributed by atoms with van der Waals surface area (Å²) in [4.78, 5) is 3.98.